The highest BCUT2D eigenvalue weighted by Crippen LogP contribution is 2.04. The molecule has 1 rings (SSSR count). The van der Waals surface area contributed by atoms with Gasteiger partial charge in [0.2, 0.25) is 0 Å². The van der Waals surface area contributed by atoms with Crippen LogP contribution in [0.1, 0.15) is 18.4 Å². The van der Waals surface area contributed by atoms with Crippen LogP contribution in [0.5, 0.6) is 0 Å². The van der Waals surface area contributed by atoms with Crippen LogP contribution in [-0.2, 0) is 25.6 Å². The second-order valence-electron chi connectivity index (χ2n) is 4.06. The van der Waals surface area contributed by atoms with Crippen LogP contribution < -0.4 is 5.32 Å². The Balaban J connectivity index is 2.50. The van der Waals surface area contributed by atoms with E-state index in [9.17, 15) is 9.59 Å². The molecule has 0 amide bonds. The van der Waals surface area contributed by atoms with Gasteiger partial charge in [-0.1, -0.05) is 30.3 Å². The number of carbonyl (C=O) groups excluding carboxylic acids is 2. The summed E-state index contributed by atoms with van der Waals surface area (Å²) in [5, 5.41) is 3.08. The zero-order valence-electron chi connectivity index (χ0n) is 11.2. The Hall–Kier alpha value is -1.88. The average molecular weight is 265 g/mol. The Morgan fingerprint density at radius 3 is 2.42 bits per heavy atom. The van der Waals surface area contributed by atoms with Gasteiger partial charge >= 0.3 is 11.9 Å². The zero-order chi connectivity index (χ0) is 14.1. The van der Waals surface area contributed by atoms with Gasteiger partial charge in [0.05, 0.1) is 14.2 Å². The van der Waals surface area contributed by atoms with Crippen molar-refractivity contribution in [1.29, 1.82) is 0 Å². The first-order chi connectivity index (χ1) is 9.17. The minimum absolute atomic E-state index is 0.179. The summed E-state index contributed by atoms with van der Waals surface area (Å²) >= 11 is 0. The maximum atomic E-state index is 11.6. The normalized spacial score (nSPS) is 11.7. The molecule has 0 heterocycles. The third kappa shape index (κ3) is 5.52. The van der Waals surface area contributed by atoms with Crippen LogP contribution in [0.4, 0.5) is 0 Å². The summed E-state index contributed by atoms with van der Waals surface area (Å²) in [6.45, 7) is 0.543. The van der Waals surface area contributed by atoms with Crippen molar-refractivity contribution in [1.82, 2.24) is 5.32 Å². The fraction of sp³-hybridized carbons (Fsp3) is 0.429. The Morgan fingerprint density at radius 2 is 1.84 bits per heavy atom. The number of methoxy groups -OCH3 is 2. The molecule has 0 aliphatic heterocycles. The molecule has 1 N–H and O–H groups in total. The lowest BCUT2D eigenvalue weighted by molar-refractivity contribution is -0.144. The van der Waals surface area contributed by atoms with Gasteiger partial charge in [-0.25, -0.2) is 0 Å². The van der Waals surface area contributed by atoms with Crippen molar-refractivity contribution in [2.75, 3.05) is 14.2 Å². The second kappa shape index (κ2) is 8.26. The molecule has 0 saturated heterocycles. The quantitative estimate of drug-likeness (QED) is 0.752. The van der Waals surface area contributed by atoms with Crippen molar-refractivity contribution in [2.45, 2.75) is 25.4 Å². The van der Waals surface area contributed by atoms with Gasteiger partial charge in [0.1, 0.15) is 6.04 Å². The molecule has 0 aromatic heterocycles. The van der Waals surface area contributed by atoms with Crippen LogP contribution in [0.3, 0.4) is 0 Å². The van der Waals surface area contributed by atoms with Gasteiger partial charge in [-0.05, 0) is 12.0 Å². The maximum Gasteiger partial charge on any atom is 0.322 e. The summed E-state index contributed by atoms with van der Waals surface area (Å²) in [5.41, 5.74) is 1.06. The minimum Gasteiger partial charge on any atom is -0.469 e. The SMILES string of the molecule is COC(=O)CCC(NCc1ccccc1)C(=O)OC. The summed E-state index contributed by atoms with van der Waals surface area (Å²) in [4.78, 5) is 22.7. The summed E-state index contributed by atoms with van der Waals surface area (Å²) in [7, 11) is 2.66. The summed E-state index contributed by atoms with van der Waals surface area (Å²) in [6, 6.07) is 9.20. The minimum atomic E-state index is -0.510. The van der Waals surface area contributed by atoms with Crippen molar-refractivity contribution in [3.05, 3.63) is 35.9 Å². The van der Waals surface area contributed by atoms with Crippen LogP contribution in [0.2, 0.25) is 0 Å². The monoisotopic (exact) mass is 265 g/mol. The van der Waals surface area contributed by atoms with Crippen molar-refractivity contribution >= 4 is 11.9 Å². The second-order valence-corrected chi connectivity index (χ2v) is 4.06. The Labute approximate surface area is 112 Å². The van der Waals surface area contributed by atoms with Crippen LogP contribution in [-0.4, -0.2) is 32.2 Å². The topological polar surface area (TPSA) is 64.6 Å². The molecular weight excluding hydrogens is 246 g/mol. The number of benzene rings is 1. The summed E-state index contributed by atoms with van der Waals surface area (Å²) in [5.74, 6) is -0.713. The van der Waals surface area contributed by atoms with Gasteiger partial charge < -0.3 is 14.8 Å². The number of hydrogen-bond acceptors (Lipinski definition) is 5. The molecule has 0 saturated carbocycles. The molecule has 0 aliphatic carbocycles. The number of hydrogen-bond donors (Lipinski definition) is 1. The summed E-state index contributed by atoms with van der Waals surface area (Å²) < 4.78 is 9.27. The number of nitrogens with one attached hydrogen (secondary N) is 1. The van der Waals surface area contributed by atoms with E-state index in [1.54, 1.807) is 0 Å². The number of esters is 2. The molecular formula is C14H19NO4. The molecule has 1 atom stereocenters. The fourth-order valence-electron chi connectivity index (χ4n) is 1.65. The van der Waals surface area contributed by atoms with E-state index in [0.717, 1.165) is 5.56 Å². The van der Waals surface area contributed by atoms with E-state index < -0.39 is 6.04 Å². The number of rotatable bonds is 7. The molecule has 0 spiro atoms. The Kier molecular flexibility index (Phi) is 6.60. The lowest BCUT2D eigenvalue weighted by atomic mass is 10.1. The van der Waals surface area contributed by atoms with Crippen LogP contribution in [0, 0.1) is 0 Å². The highest BCUT2D eigenvalue weighted by atomic mass is 16.5. The van der Waals surface area contributed by atoms with Gasteiger partial charge in [-0.3, -0.25) is 9.59 Å². The molecule has 0 radical (unpaired) electrons. The molecule has 1 aromatic rings. The van der Waals surface area contributed by atoms with Gasteiger partial charge in [0.25, 0.3) is 0 Å². The number of carbonyl (C=O) groups is 2. The van der Waals surface area contributed by atoms with Gasteiger partial charge in [0, 0.05) is 13.0 Å². The highest BCUT2D eigenvalue weighted by Gasteiger charge is 2.19. The van der Waals surface area contributed by atoms with Crippen LogP contribution in [0.15, 0.2) is 30.3 Å². The first-order valence-electron chi connectivity index (χ1n) is 6.09. The predicted molar refractivity (Wildman–Crippen MR) is 70.3 cm³/mol. The van der Waals surface area contributed by atoms with E-state index in [4.69, 9.17) is 4.74 Å². The van der Waals surface area contributed by atoms with Crippen molar-refractivity contribution in [2.24, 2.45) is 0 Å². The van der Waals surface area contributed by atoms with E-state index >= 15 is 0 Å². The third-order valence-corrected chi connectivity index (χ3v) is 2.75. The van der Waals surface area contributed by atoms with Gasteiger partial charge in [-0.15, -0.1) is 0 Å². The standard InChI is InChI=1S/C14H19NO4/c1-18-13(16)9-8-12(14(17)19-2)15-10-11-6-4-3-5-7-11/h3-7,12,15H,8-10H2,1-2H3. The first-order valence-corrected chi connectivity index (χ1v) is 6.09. The molecule has 5 heteroatoms. The molecule has 1 aromatic carbocycles. The molecule has 104 valence electrons. The number of ether oxygens (including phenoxy) is 2. The largest absolute Gasteiger partial charge is 0.469 e. The highest BCUT2D eigenvalue weighted by molar-refractivity contribution is 5.77. The summed E-state index contributed by atoms with van der Waals surface area (Å²) in [6.07, 6.45) is 0.532. The zero-order valence-corrected chi connectivity index (χ0v) is 11.2. The predicted octanol–water partition coefficient (Wildman–Crippen LogP) is 1.27. The van der Waals surface area contributed by atoms with Crippen molar-refractivity contribution in [3.8, 4) is 0 Å². The molecule has 0 fully saturated rings. The smallest absolute Gasteiger partial charge is 0.322 e. The van der Waals surface area contributed by atoms with E-state index in [-0.39, 0.29) is 18.4 Å². The fourth-order valence-corrected chi connectivity index (χ4v) is 1.65. The molecule has 0 aliphatic rings. The van der Waals surface area contributed by atoms with E-state index in [2.05, 4.69) is 10.1 Å². The van der Waals surface area contributed by atoms with E-state index in [1.807, 2.05) is 30.3 Å². The Bertz CT molecular complexity index is 405. The van der Waals surface area contributed by atoms with E-state index in [1.165, 1.54) is 14.2 Å². The maximum absolute atomic E-state index is 11.6. The lowest BCUT2D eigenvalue weighted by Gasteiger charge is -2.15. The Morgan fingerprint density at radius 1 is 1.16 bits per heavy atom. The molecule has 1 unspecified atom stereocenters. The molecule has 5 nitrogen and oxygen atoms in total. The molecule has 0 bridgehead atoms. The van der Waals surface area contributed by atoms with Crippen molar-refractivity contribution in [3.63, 3.8) is 0 Å². The first kappa shape index (κ1) is 15.2. The van der Waals surface area contributed by atoms with Gasteiger partial charge in [-0.2, -0.15) is 0 Å². The third-order valence-electron chi connectivity index (χ3n) is 2.75. The van der Waals surface area contributed by atoms with Crippen LogP contribution >= 0.6 is 0 Å². The van der Waals surface area contributed by atoms with Crippen LogP contribution in [0.25, 0.3) is 0 Å². The van der Waals surface area contributed by atoms with E-state index in [0.29, 0.717) is 13.0 Å². The lowest BCUT2D eigenvalue weighted by Crippen LogP contribution is -2.37. The average Bonchev–Trinajstić information content (AvgIpc) is 2.47. The molecule has 19 heavy (non-hydrogen) atoms. The van der Waals surface area contributed by atoms with Gasteiger partial charge in [0.15, 0.2) is 0 Å². The van der Waals surface area contributed by atoms with Crippen molar-refractivity contribution < 1.29 is 19.1 Å².